The lowest BCUT2D eigenvalue weighted by Crippen LogP contribution is -1.92. The van der Waals surface area contributed by atoms with E-state index >= 15 is 0 Å². The van der Waals surface area contributed by atoms with Crippen molar-refractivity contribution in [1.29, 1.82) is 0 Å². The molecule has 0 bridgehead atoms. The van der Waals surface area contributed by atoms with E-state index < -0.39 is 0 Å². The Morgan fingerprint density at radius 3 is 2.82 bits per heavy atom. The average molecular weight is 225 g/mol. The van der Waals surface area contributed by atoms with Gasteiger partial charge < -0.3 is 4.74 Å². The van der Waals surface area contributed by atoms with E-state index in [0.717, 1.165) is 23.4 Å². The van der Waals surface area contributed by atoms with E-state index in [1.54, 1.807) is 13.3 Å². The summed E-state index contributed by atoms with van der Waals surface area (Å²) in [5.74, 6) is 0.863. The Morgan fingerprint density at radius 1 is 1.29 bits per heavy atom. The minimum Gasteiger partial charge on any atom is -0.497 e. The Hall–Kier alpha value is -2.09. The van der Waals surface area contributed by atoms with Crippen molar-refractivity contribution in [2.75, 3.05) is 7.11 Å². The van der Waals surface area contributed by atoms with Crippen LogP contribution in [0.5, 0.6) is 5.75 Å². The molecule has 0 spiro atoms. The molecule has 2 rings (SSSR count). The molecule has 0 radical (unpaired) electrons. The zero-order chi connectivity index (χ0) is 12.1. The molecule has 1 aromatic heterocycles. The van der Waals surface area contributed by atoms with Crippen LogP contribution >= 0.6 is 0 Å². The average Bonchev–Trinajstić information content (AvgIpc) is 2.40. The second-order valence-corrected chi connectivity index (χ2v) is 3.73. The maximum Gasteiger partial charge on any atom is 0.119 e. The van der Waals surface area contributed by atoms with Gasteiger partial charge in [-0.25, -0.2) is 0 Å². The number of nitrogens with zero attached hydrogens (tertiary/aromatic N) is 1. The van der Waals surface area contributed by atoms with Gasteiger partial charge in [-0.05, 0) is 42.3 Å². The summed E-state index contributed by atoms with van der Waals surface area (Å²) in [7, 11) is 1.67. The van der Waals surface area contributed by atoms with Crippen molar-refractivity contribution in [2.45, 2.75) is 6.42 Å². The third-order valence-corrected chi connectivity index (χ3v) is 2.62. The number of hydrogen-bond donors (Lipinski definition) is 0. The lowest BCUT2D eigenvalue weighted by atomic mass is 10.0. The monoisotopic (exact) mass is 225 g/mol. The topological polar surface area (TPSA) is 22.1 Å². The Balaban J connectivity index is 2.49. The number of hydrogen-bond acceptors (Lipinski definition) is 2. The normalized spacial score (nSPS) is 9.94. The first-order chi connectivity index (χ1) is 8.35. The number of rotatable bonds is 4. The third-order valence-electron chi connectivity index (χ3n) is 2.62. The molecule has 0 saturated carbocycles. The molecule has 0 atom stereocenters. The smallest absolute Gasteiger partial charge is 0.119 e. The first-order valence-electron chi connectivity index (χ1n) is 5.54. The fourth-order valence-electron chi connectivity index (χ4n) is 1.79. The predicted octanol–water partition coefficient (Wildman–Crippen LogP) is 3.49. The maximum absolute atomic E-state index is 5.24. The van der Waals surface area contributed by atoms with E-state index in [4.69, 9.17) is 4.74 Å². The van der Waals surface area contributed by atoms with Crippen molar-refractivity contribution < 1.29 is 4.74 Å². The molecule has 0 aliphatic carbocycles. The summed E-state index contributed by atoms with van der Waals surface area (Å²) < 4.78 is 5.24. The molecule has 17 heavy (non-hydrogen) atoms. The summed E-state index contributed by atoms with van der Waals surface area (Å²) in [6.07, 6.45) is 4.50. The van der Waals surface area contributed by atoms with Gasteiger partial charge >= 0.3 is 0 Å². The molecule has 0 amide bonds. The minimum absolute atomic E-state index is 0.809. The first kappa shape index (κ1) is 11.4. The van der Waals surface area contributed by atoms with E-state index in [1.165, 1.54) is 5.56 Å². The lowest BCUT2D eigenvalue weighted by molar-refractivity contribution is 0.414. The number of benzene rings is 1. The third kappa shape index (κ3) is 2.53. The van der Waals surface area contributed by atoms with Crippen LogP contribution in [0.3, 0.4) is 0 Å². The van der Waals surface area contributed by atoms with Gasteiger partial charge in [-0.15, -0.1) is 6.58 Å². The molecule has 1 heterocycles. The van der Waals surface area contributed by atoms with Crippen molar-refractivity contribution in [1.82, 2.24) is 4.98 Å². The van der Waals surface area contributed by atoms with Crippen LogP contribution in [0.4, 0.5) is 0 Å². The molecule has 86 valence electrons. The summed E-state index contributed by atoms with van der Waals surface area (Å²) >= 11 is 0. The van der Waals surface area contributed by atoms with Gasteiger partial charge in [0, 0.05) is 11.8 Å². The fraction of sp³-hybridized carbons (Fsp3) is 0.133. The molecule has 0 aliphatic rings. The van der Waals surface area contributed by atoms with E-state index in [2.05, 4.69) is 11.6 Å². The fourth-order valence-corrected chi connectivity index (χ4v) is 1.79. The molecule has 0 N–H and O–H groups in total. The van der Waals surface area contributed by atoms with E-state index in [9.17, 15) is 0 Å². The highest BCUT2D eigenvalue weighted by Gasteiger charge is 2.06. The first-order valence-corrected chi connectivity index (χ1v) is 5.54. The lowest BCUT2D eigenvalue weighted by Gasteiger charge is -2.09. The quantitative estimate of drug-likeness (QED) is 0.743. The molecular formula is C15H15NO. The molecule has 1 aromatic carbocycles. The van der Waals surface area contributed by atoms with Gasteiger partial charge in [-0.1, -0.05) is 12.1 Å². The Labute approximate surface area is 102 Å². The van der Waals surface area contributed by atoms with Crippen LogP contribution in [0.1, 0.15) is 5.56 Å². The molecule has 0 fully saturated rings. The molecule has 2 aromatic rings. The zero-order valence-corrected chi connectivity index (χ0v) is 9.89. The highest BCUT2D eigenvalue weighted by Crippen LogP contribution is 2.26. The standard InChI is InChI=1S/C15H15NO/c1-3-6-12-11-13(17-2)8-9-14(12)15-7-4-5-10-16-15/h3-5,7-11H,1,6H2,2H3. The summed E-state index contributed by atoms with van der Waals surface area (Å²) in [6.45, 7) is 3.79. The zero-order valence-electron chi connectivity index (χ0n) is 9.89. The van der Waals surface area contributed by atoms with Crippen molar-refractivity contribution >= 4 is 0 Å². The molecule has 0 saturated heterocycles. The summed E-state index contributed by atoms with van der Waals surface area (Å²) in [5.41, 5.74) is 3.29. The number of ether oxygens (including phenoxy) is 1. The van der Waals surface area contributed by atoms with Gasteiger partial charge in [0.05, 0.1) is 12.8 Å². The number of pyridine rings is 1. The maximum atomic E-state index is 5.24. The number of aromatic nitrogens is 1. The number of methoxy groups -OCH3 is 1. The van der Waals surface area contributed by atoms with E-state index in [-0.39, 0.29) is 0 Å². The molecule has 0 aliphatic heterocycles. The summed E-state index contributed by atoms with van der Waals surface area (Å²) in [4.78, 5) is 4.37. The molecule has 0 unspecified atom stereocenters. The SMILES string of the molecule is C=CCc1cc(OC)ccc1-c1ccccn1. The van der Waals surface area contributed by atoms with Gasteiger partial charge in [0.1, 0.15) is 5.75 Å². The van der Waals surface area contributed by atoms with Crippen molar-refractivity contribution in [3.8, 4) is 17.0 Å². The van der Waals surface area contributed by atoms with Crippen LogP contribution < -0.4 is 4.74 Å². The van der Waals surface area contributed by atoms with Gasteiger partial charge in [0.15, 0.2) is 0 Å². The van der Waals surface area contributed by atoms with Gasteiger partial charge in [-0.2, -0.15) is 0 Å². The van der Waals surface area contributed by atoms with Gasteiger partial charge in [0.2, 0.25) is 0 Å². The Kier molecular flexibility index (Phi) is 3.55. The second-order valence-electron chi connectivity index (χ2n) is 3.73. The van der Waals surface area contributed by atoms with Gasteiger partial charge in [-0.3, -0.25) is 4.98 Å². The molecular weight excluding hydrogens is 210 g/mol. The van der Waals surface area contributed by atoms with Crippen LogP contribution in [0.25, 0.3) is 11.3 Å². The van der Waals surface area contributed by atoms with Crippen LogP contribution in [-0.2, 0) is 6.42 Å². The van der Waals surface area contributed by atoms with Crippen LogP contribution in [0.2, 0.25) is 0 Å². The highest BCUT2D eigenvalue weighted by molar-refractivity contribution is 5.65. The molecule has 2 heteroatoms. The largest absolute Gasteiger partial charge is 0.497 e. The van der Waals surface area contributed by atoms with E-state index in [1.807, 2.05) is 42.5 Å². The van der Waals surface area contributed by atoms with Crippen LogP contribution in [-0.4, -0.2) is 12.1 Å². The molecule has 2 nitrogen and oxygen atoms in total. The Bertz CT molecular complexity index is 506. The van der Waals surface area contributed by atoms with Crippen molar-refractivity contribution in [3.63, 3.8) is 0 Å². The second kappa shape index (κ2) is 5.30. The predicted molar refractivity (Wildman–Crippen MR) is 70.1 cm³/mol. The van der Waals surface area contributed by atoms with Crippen molar-refractivity contribution in [2.24, 2.45) is 0 Å². The van der Waals surface area contributed by atoms with Gasteiger partial charge in [0.25, 0.3) is 0 Å². The Morgan fingerprint density at radius 2 is 2.18 bits per heavy atom. The van der Waals surface area contributed by atoms with Crippen molar-refractivity contribution in [3.05, 3.63) is 60.8 Å². The number of allylic oxidation sites excluding steroid dienone is 1. The van der Waals surface area contributed by atoms with Crippen LogP contribution in [0, 0.1) is 0 Å². The summed E-state index contributed by atoms with van der Waals surface area (Å²) in [5, 5.41) is 0. The summed E-state index contributed by atoms with van der Waals surface area (Å²) in [6, 6.07) is 11.9. The van der Waals surface area contributed by atoms with E-state index in [0.29, 0.717) is 0 Å². The minimum atomic E-state index is 0.809. The van der Waals surface area contributed by atoms with Crippen LogP contribution in [0.15, 0.2) is 55.3 Å². The highest BCUT2D eigenvalue weighted by atomic mass is 16.5.